The lowest BCUT2D eigenvalue weighted by atomic mass is 9.93. The summed E-state index contributed by atoms with van der Waals surface area (Å²) in [5.74, 6) is -0.187. The Morgan fingerprint density at radius 1 is 1.59 bits per heavy atom. The first-order valence-corrected chi connectivity index (χ1v) is 5.38. The van der Waals surface area contributed by atoms with Gasteiger partial charge in [0.1, 0.15) is 12.5 Å². The first-order valence-electron chi connectivity index (χ1n) is 5.38. The summed E-state index contributed by atoms with van der Waals surface area (Å²) in [6, 6.07) is 1.54. The minimum absolute atomic E-state index is 0.0288. The number of carbonyl (C=O) groups excluding carboxylic acids is 1. The Labute approximate surface area is 99.5 Å². The normalized spacial score (nSPS) is 12.5. The van der Waals surface area contributed by atoms with Crippen LogP contribution in [0.5, 0.6) is 5.88 Å². The number of aliphatic hydroxyl groups is 1. The van der Waals surface area contributed by atoms with Crippen molar-refractivity contribution in [1.82, 2.24) is 5.16 Å². The van der Waals surface area contributed by atoms with Crippen LogP contribution in [0.3, 0.4) is 0 Å². The summed E-state index contributed by atoms with van der Waals surface area (Å²) in [4.78, 5) is 11.6. The van der Waals surface area contributed by atoms with Crippen LogP contribution in [0, 0.1) is 5.92 Å². The molecule has 96 valence electrons. The first kappa shape index (κ1) is 13.5. The van der Waals surface area contributed by atoms with E-state index in [9.17, 15) is 4.79 Å². The molecule has 0 aliphatic heterocycles. The van der Waals surface area contributed by atoms with Crippen LogP contribution < -0.4 is 4.74 Å². The largest absolute Gasteiger partial charge is 0.473 e. The lowest BCUT2D eigenvalue weighted by molar-refractivity contribution is -0.144. The van der Waals surface area contributed by atoms with Crippen LogP contribution in [0.4, 0.5) is 0 Å². The first-order chi connectivity index (χ1) is 8.10. The molecular formula is C11H17NO5. The van der Waals surface area contributed by atoms with E-state index in [0.29, 0.717) is 5.76 Å². The summed E-state index contributed by atoms with van der Waals surface area (Å²) in [5, 5.41) is 12.3. The molecule has 0 saturated heterocycles. The molecule has 1 unspecified atom stereocenters. The predicted octanol–water partition coefficient (Wildman–Crippen LogP) is 0.958. The van der Waals surface area contributed by atoms with Gasteiger partial charge in [0.25, 0.3) is 5.88 Å². The minimum Gasteiger partial charge on any atom is -0.473 e. The van der Waals surface area contributed by atoms with Gasteiger partial charge in [-0.15, -0.1) is 0 Å². The maximum atomic E-state index is 11.6. The maximum Gasteiger partial charge on any atom is 0.316 e. The van der Waals surface area contributed by atoms with Gasteiger partial charge in [0.15, 0.2) is 5.76 Å². The molecule has 0 spiro atoms. The van der Waals surface area contributed by atoms with Gasteiger partial charge in [-0.25, -0.2) is 0 Å². The molecule has 0 bridgehead atoms. The zero-order chi connectivity index (χ0) is 12.8. The third-order valence-corrected chi connectivity index (χ3v) is 2.28. The summed E-state index contributed by atoms with van der Waals surface area (Å²) in [6.45, 7) is 3.81. The number of esters is 1. The lowest BCUT2D eigenvalue weighted by Crippen LogP contribution is -2.19. The molecule has 0 saturated carbocycles. The lowest BCUT2D eigenvalue weighted by Gasteiger charge is -2.14. The Hall–Kier alpha value is -1.56. The van der Waals surface area contributed by atoms with Gasteiger partial charge in [-0.3, -0.25) is 4.79 Å². The second-order valence-electron chi connectivity index (χ2n) is 3.88. The number of nitrogens with zero attached hydrogens (tertiary/aromatic N) is 1. The number of aliphatic hydroxyl groups excluding tert-OH is 1. The van der Waals surface area contributed by atoms with Crippen LogP contribution in [0.25, 0.3) is 0 Å². The van der Waals surface area contributed by atoms with Crippen molar-refractivity contribution >= 4 is 5.97 Å². The van der Waals surface area contributed by atoms with Gasteiger partial charge in [-0.05, 0) is 11.1 Å². The zero-order valence-electron chi connectivity index (χ0n) is 10.2. The molecule has 1 N–H and O–H groups in total. The molecule has 0 aliphatic carbocycles. The molecule has 1 heterocycles. The molecule has 6 heteroatoms. The molecule has 6 nitrogen and oxygen atoms in total. The van der Waals surface area contributed by atoms with E-state index in [1.165, 1.54) is 13.2 Å². The number of hydrogen-bond donors (Lipinski definition) is 1. The van der Waals surface area contributed by atoms with Crippen LogP contribution in [0.2, 0.25) is 0 Å². The number of rotatable bonds is 6. The Morgan fingerprint density at radius 3 is 2.82 bits per heavy atom. The van der Waals surface area contributed by atoms with Crippen LogP contribution in [0.15, 0.2) is 10.6 Å². The Balaban J connectivity index is 2.81. The van der Waals surface area contributed by atoms with Crippen LogP contribution in [0.1, 0.15) is 25.5 Å². The highest BCUT2D eigenvalue weighted by Crippen LogP contribution is 2.28. The van der Waals surface area contributed by atoms with E-state index in [0.717, 1.165) is 0 Å². The second-order valence-corrected chi connectivity index (χ2v) is 3.88. The summed E-state index contributed by atoms with van der Waals surface area (Å²) in [5.41, 5.74) is 0. The number of aromatic nitrogens is 1. The zero-order valence-corrected chi connectivity index (χ0v) is 10.2. The highest BCUT2D eigenvalue weighted by Gasteiger charge is 2.29. The van der Waals surface area contributed by atoms with Crippen molar-refractivity contribution in [2.24, 2.45) is 5.92 Å². The van der Waals surface area contributed by atoms with Gasteiger partial charge in [0.2, 0.25) is 0 Å². The van der Waals surface area contributed by atoms with Crippen molar-refractivity contribution in [1.29, 1.82) is 0 Å². The van der Waals surface area contributed by atoms with Gasteiger partial charge < -0.3 is 19.1 Å². The van der Waals surface area contributed by atoms with Crippen molar-refractivity contribution in [3.63, 3.8) is 0 Å². The number of hydrogen-bond acceptors (Lipinski definition) is 6. The van der Waals surface area contributed by atoms with E-state index in [4.69, 9.17) is 19.1 Å². The molecule has 0 aliphatic rings. The van der Waals surface area contributed by atoms with E-state index in [2.05, 4.69) is 5.16 Å². The van der Waals surface area contributed by atoms with Crippen LogP contribution in [-0.2, 0) is 9.53 Å². The number of methoxy groups -OCH3 is 1. The molecule has 1 rings (SSSR count). The molecule has 17 heavy (non-hydrogen) atoms. The molecule has 1 aromatic rings. The highest BCUT2D eigenvalue weighted by molar-refractivity contribution is 5.77. The van der Waals surface area contributed by atoms with Gasteiger partial charge >= 0.3 is 5.97 Å². The van der Waals surface area contributed by atoms with E-state index >= 15 is 0 Å². The average Bonchev–Trinajstić information content (AvgIpc) is 2.74. The molecule has 1 atom stereocenters. The molecule has 0 fully saturated rings. The van der Waals surface area contributed by atoms with Crippen LogP contribution >= 0.6 is 0 Å². The number of ether oxygens (including phenoxy) is 2. The minimum atomic E-state index is -0.501. The highest BCUT2D eigenvalue weighted by atomic mass is 16.5. The fraction of sp³-hybridized carbons (Fsp3) is 0.636. The van der Waals surface area contributed by atoms with Crippen molar-refractivity contribution in [2.45, 2.75) is 19.8 Å². The molecule has 1 aromatic heterocycles. The Kier molecular flexibility index (Phi) is 4.96. The van der Waals surface area contributed by atoms with Crippen LogP contribution in [-0.4, -0.2) is 36.6 Å². The fourth-order valence-electron chi connectivity index (χ4n) is 1.48. The summed E-state index contributed by atoms with van der Waals surface area (Å²) >= 11 is 0. The SMILES string of the molecule is COC(=O)C(c1cc(OCCO)no1)C(C)C. The molecule has 0 aromatic carbocycles. The summed E-state index contributed by atoms with van der Waals surface area (Å²) < 4.78 is 14.8. The van der Waals surface area contributed by atoms with Gasteiger partial charge in [-0.2, -0.15) is 0 Å². The Morgan fingerprint density at radius 2 is 2.29 bits per heavy atom. The van der Waals surface area contributed by atoms with E-state index in [1.54, 1.807) is 0 Å². The topological polar surface area (TPSA) is 81.8 Å². The van der Waals surface area contributed by atoms with Gasteiger partial charge in [-0.1, -0.05) is 13.8 Å². The predicted molar refractivity (Wildman–Crippen MR) is 58.7 cm³/mol. The maximum absolute atomic E-state index is 11.6. The van der Waals surface area contributed by atoms with E-state index < -0.39 is 5.92 Å². The number of carbonyl (C=O) groups is 1. The standard InChI is InChI=1S/C11H17NO5/c1-7(2)10(11(14)15-3)8-6-9(12-17-8)16-5-4-13/h6-7,10,13H,4-5H2,1-3H3. The van der Waals surface area contributed by atoms with Gasteiger partial charge in [0.05, 0.1) is 13.7 Å². The third-order valence-electron chi connectivity index (χ3n) is 2.28. The van der Waals surface area contributed by atoms with Crippen molar-refractivity contribution in [2.75, 3.05) is 20.3 Å². The summed E-state index contributed by atoms with van der Waals surface area (Å²) in [7, 11) is 1.33. The van der Waals surface area contributed by atoms with Crippen molar-refractivity contribution in [3.05, 3.63) is 11.8 Å². The summed E-state index contributed by atoms with van der Waals surface area (Å²) in [6.07, 6.45) is 0. The molecular weight excluding hydrogens is 226 g/mol. The molecule has 0 radical (unpaired) electrons. The second kappa shape index (κ2) is 6.24. The van der Waals surface area contributed by atoms with Crippen molar-refractivity contribution in [3.8, 4) is 5.88 Å². The third kappa shape index (κ3) is 3.45. The smallest absolute Gasteiger partial charge is 0.316 e. The fourth-order valence-corrected chi connectivity index (χ4v) is 1.48. The molecule has 0 amide bonds. The average molecular weight is 243 g/mol. The Bertz CT molecular complexity index is 360. The van der Waals surface area contributed by atoms with E-state index in [1.807, 2.05) is 13.8 Å². The van der Waals surface area contributed by atoms with E-state index in [-0.39, 0.29) is 31.0 Å². The van der Waals surface area contributed by atoms with Crippen molar-refractivity contribution < 1.29 is 23.9 Å². The monoisotopic (exact) mass is 243 g/mol. The quantitative estimate of drug-likeness (QED) is 0.749. The van der Waals surface area contributed by atoms with Gasteiger partial charge in [0, 0.05) is 6.07 Å².